The zero-order valence-electron chi connectivity index (χ0n) is 32.5. The third-order valence-electron chi connectivity index (χ3n) is 7.70. The van der Waals surface area contributed by atoms with Crippen molar-refractivity contribution in [3.63, 3.8) is 0 Å². The number of aliphatic hydroxyl groups is 1. The number of allylic oxidation sites excluding steroid dienone is 15. The summed E-state index contributed by atoms with van der Waals surface area (Å²) < 4.78 is 26.3. The molecule has 3 N–H and O–H groups in total. The first-order chi connectivity index (χ1) is 25.7. The second kappa shape index (κ2) is 37.3. The Morgan fingerprint density at radius 3 is 1.66 bits per heavy atom. The van der Waals surface area contributed by atoms with E-state index in [-0.39, 0.29) is 19.4 Å². The van der Waals surface area contributed by atoms with Gasteiger partial charge in [-0.1, -0.05) is 143 Å². The lowest BCUT2D eigenvalue weighted by Crippen LogP contribution is -2.29. The van der Waals surface area contributed by atoms with Crippen molar-refractivity contribution in [1.82, 2.24) is 0 Å². The Bertz CT molecular complexity index is 1190. The first kappa shape index (κ1) is 49.9. The van der Waals surface area contributed by atoms with E-state index in [0.717, 1.165) is 89.9 Å². The van der Waals surface area contributed by atoms with E-state index >= 15 is 0 Å². The Balaban J connectivity index is 4.13. The number of carbonyl (C=O) groups is 2. The van der Waals surface area contributed by atoms with E-state index in [9.17, 15) is 19.3 Å². The summed E-state index contributed by atoms with van der Waals surface area (Å²) in [5, 5.41) is 10.1. The van der Waals surface area contributed by atoms with Crippen LogP contribution in [0.5, 0.6) is 0 Å². The smallest absolute Gasteiger partial charge is 0.462 e. The van der Waals surface area contributed by atoms with Gasteiger partial charge in [0.05, 0.1) is 12.7 Å². The van der Waals surface area contributed by atoms with Crippen LogP contribution in [0.2, 0.25) is 0 Å². The van der Waals surface area contributed by atoms with Gasteiger partial charge in [-0.15, -0.1) is 0 Å². The fraction of sp³-hybridized carbons (Fsp3) is 0.581. The molecule has 10 heteroatoms. The van der Waals surface area contributed by atoms with Crippen molar-refractivity contribution in [1.29, 1.82) is 0 Å². The SMILES string of the molecule is CC/C=C\C/C=C\C/C=C\C/C=C\C/C=C\CCCCCC(=O)OC[C@H](COP(=O)(O)O)OC(=O)CCCCCCCC(O)/C=C/C=C/C/C=C/CC. The minimum Gasteiger partial charge on any atom is -0.462 e. The fourth-order valence-corrected chi connectivity index (χ4v) is 5.18. The highest BCUT2D eigenvalue weighted by molar-refractivity contribution is 7.46. The third-order valence-corrected chi connectivity index (χ3v) is 8.19. The molecular weight excluding hydrogens is 691 g/mol. The van der Waals surface area contributed by atoms with Gasteiger partial charge >= 0.3 is 19.8 Å². The van der Waals surface area contributed by atoms with Gasteiger partial charge in [0.15, 0.2) is 6.10 Å². The summed E-state index contributed by atoms with van der Waals surface area (Å²) in [6.07, 6.45) is 47.2. The molecule has 0 bridgehead atoms. The van der Waals surface area contributed by atoms with Crippen molar-refractivity contribution in [2.45, 2.75) is 148 Å². The second-order valence-electron chi connectivity index (χ2n) is 12.7. The zero-order valence-corrected chi connectivity index (χ0v) is 33.4. The zero-order chi connectivity index (χ0) is 39.1. The van der Waals surface area contributed by atoms with Gasteiger partial charge in [0.25, 0.3) is 0 Å². The normalized spacial score (nSPS) is 14.1. The van der Waals surface area contributed by atoms with Gasteiger partial charge in [0.2, 0.25) is 0 Å². The summed E-state index contributed by atoms with van der Waals surface area (Å²) in [5.41, 5.74) is 0. The van der Waals surface area contributed by atoms with Gasteiger partial charge in [-0.3, -0.25) is 14.1 Å². The van der Waals surface area contributed by atoms with Crippen LogP contribution >= 0.6 is 7.82 Å². The molecule has 0 saturated carbocycles. The number of ether oxygens (including phenoxy) is 2. The van der Waals surface area contributed by atoms with Gasteiger partial charge < -0.3 is 24.4 Å². The van der Waals surface area contributed by atoms with Crippen LogP contribution in [0, 0.1) is 0 Å². The van der Waals surface area contributed by atoms with Crippen LogP contribution < -0.4 is 0 Å². The quantitative estimate of drug-likeness (QED) is 0.0192. The summed E-state index contributed by atoms with van der Waals surface area (Å²) in [5.74, 6) is -1.01. The molecule has 0 saturated heterocycles. The maximum absolute atomic E-state index is 12.4. The molecule has 0 rings (SSSR count). The molecule has 300 valence electrons. The van der Waals surface area contributed by atoms with E-state index in [1.807, 2.05) is 18.2 Å². The van der Waals surface area contributed by atoms with Crippen LogP contribution in [0.15, 0.2) is 97.2 Å². The lowest BCUT2D eigenvalue weighted by molar-refractivity contribution is -0.161. The Morgan fingerprint density at radius 2 is 1.08 bits per heavy atom. The second-order valence-corrected chi connectivity index (χ2v) is 13.9. The van der Waals surface area contributed by atoms with E-state index in [1.165, 1.54) is 0 Å². The Hall–Kier alpha value is -3.07. The van der Waals surface area contributed by atoms with Crippen LogP contribution in [0.1, 0.15) is 136 Å². The highest BCUT2D eigenvalue weighted by Crippen LogP contribution is 2.36. The number of carbonyl (C=O) groups excluding carboxylic acids is 2. The molecule has 0 amide bonds. The van der Waals surface area contributed by atoms with Gasteiger partial charge in [-0.2, -0.15) is 0 Å². The summed E-state index contributed by atoms with van der Waals surface area (Å²) in [4.78, 5) is 42.8. The van der Waals surface area contributed by atoms with Gasteiger partial charge in [0, 0.05) is 12.8 Å². The maximum atomic E-state index is 12.4. The predicted molar refractivity (Wildman–Crippen MR) is 217 cm³/mol. The minimum absolute atomic E-state index is 0.128. The molecule has 0 spiro atoms. The average molecular weight is 761 g/mol. The molecule has 0 heterocycles. The van der Waals surface area contributed by atoms with Gasteiger partial charge in [0.1, 0.15) is 6.61 Å². The molecule has 53 heavy (non-hydrogen) atoms. The summed E-state index contributed by atoms with van der Waals surface area (Å²) >= 11 is 0. The number of unbranched alkanes of at least 4 members (excludes halogenated alkanes) is 7. The van der Waals surface area contributed by atoms with E-state index in [2.05, 4.69) is 91.3 Å². The summed E-state index contributed by atoms with van der Waals surface area (Å²) in [6.45, 7) is 3.31. The Morgan fingerprint density at radius 1 is 0.585 bits per heavy atom. The maximum Gasteiger partial charge on any atom is 0.469 e. The van der Waals surface area contributed by atoms with Crippen molar-refractivity contribution in [3.8, 4) is 0 Å². The fourth-order valence-electron chi connectivity index (χ4n) is 4.82. The first-order valence-corrected chi connectivity index (χ1v) is 21.2. The minimum atomic E-state index is -4.79. The lowest BCUT2D eigenvalue weighted by atomic mass is 10.1. The van der Waals surface area contributed by atoms with Crippen LogP contribution in [-0.2, 0) is 28.2 Å². The summed E-state index contributed by atoms with van der Waals surface area (Å²) in [7, 11) is -4.79. The molecule has 0 aromatic heterocycles. The molecule has 2 atom stereocenters. The number of aliphatic hydroxyl groups excluding tert-OH is 1. The monoisotopic (exact) mass is 760 g/mol. The molecule has 0 aliphatic rings. The number of rotatable bonds is 34. The summed E-state index contributed by atoms with van der Waals surface area (Å²) in [6, 6.07) is 0. The first-order valence-electron chi connectivity index (χ1n) is 19.6. The molecule has 0 aliphatic carbocycles. The van der Waals surface area contributed by atoms with Crippen LogP contribution in [0.3, 0.4) is 0 Å². The van der Waals surface area contributed by atoms with Crippen molar-refractivity contribution in [3.05, 3.63) is 97.2 Å². The van der Waals surface area contributed by atoms with Crippen LogP contribution in [0.4, 0.5) is 0 Å². The van der Waals surface area contributed by atoms with Crippen molar-refractivity contribution in [2.24, 2.45) is 0 Å². The van der Waals surface area contributed by atoms with Crippen LogP contribution in [-0.4, -0.2) is 52.3 Å². The van der Waals surface area contributed by atoms with Crippen molar-refractivity contribution >= 4 is 19.8 Å². The molecule has 0 radical (unpaired) electrons. The molecule has 0 aromatic carbocycles. The van der Waals surface area contributed by atoms with Crippen molar-refractivity contribution in [2.75, 3.05) is 13.2 Å². The van der Waals surface area contributed by atoms with Crippen LogP contribution in [0.25, 0.3) is 0 Å². The Kier molecular flexibility index (Phi) is 35.1. The predicted octanol–water partition coefficient (Wildman–Crippen LogP) is 10.8. The molecular formula is C43H69O9P. The molecule has 0 fully saturated rings. The molecule has 1 unspecified atom stereocenters. The third kappa shape index (κ3) is 40.0. The average Bonchev–Trinajstić information content (AvgIpc) is 3.12. The van der Waals surface area contributed by atoms with Gasteiger partial charge in [-0.05, 0) is 77.0 Å². The van der Waals surface area contributed by atoms with Crippen molar-refractivity contribution < 1.29 is 43.0 Å². The number of esters is 2. The topological polar surface area (TPSA) is 140 Å². The standard InChI is InChI=1S/C43H69O9P/c1-3-5-7-9-11-12-13-14-15-16-17-18-19-20-21-22-24-28-32-36-42(45)50-38-41(39-51-53(47,48)49)52-43(46)37-33-29-25-27-31-35-40(44)34-30-26-23-10-8-6-4-2/h5-8,11-12,14-15,17-18,20-21,23,26,30,34,40-41,44H,3-4,9-10,13,16,19,22,24-25,27-29,31-33,35-39H2,1-2H3,(H2,47,48,49)/b7-5-,8-6+,12-11-,15-14-,18-17-,21-20-,26-23+,34-30+/t40?,41-/m1/s1. The van der Waals surface area contributed by atoms with E-state index in [0.29, 0.717) is 19.3 Å². The Labute approximate surface area is 320 Å². The molecule has 0 aliphatic heterocycles. The highest BCUT2D eigenvalue weighted by atomic mass is 31.2. The number of phosphoric acid groups is 1. The lowest BCUT2D eigenvalue weighted by Gasteiger charge is -2.18. The highest BCUT2D eigenvalue weighted by Gasteiger charge is 2.22. The number of phosphoric ester groups is 1. The largest absolute Gasteiger partial charge is 0.469 e. The van der Waals surface area contributed by atoms with E-state index in [1.54, 1.807) is 6.08 Å². The van der Waals surface area contributed by atoms with E-state index < -0.39 is 38.6 Å². The van der Waals surface area contributed by atoms with E-state index in [4.69, 9.17) is 19.3 Å². The number of hydrogen-bond acceptors (Lipinski definition) is 7. The van der Waals surface area contributed by atoms with Gasteiger partial charge in [-0.25, -0.2) is 4.57 Å². The molecule has 0 aromatic rings. The number of hydrogen-bond donors (Lipinski definition) is 3. The molecule has 9 nitrogen and oxygen atoms in total.